The molecule has 1 heterocycles. The highest BCUT2D eigenvalue weighted by Crippen LogP contribution is 2.37. The third kappa shape index (κ3) is 6.66. The van der Waals surface area contributed by atoms with E-state index in [1.165, 1.54) is 0 Å². The zero-order valence-corrected chi connectivity index (χ0v) is 22.6. The van der Waals surface area contributed by atoms with E-state index < -0.39 is 62.3 Å². The minimum absolute atomic E-state index is 0.0604. The zero-order valence-electron chi connectivity index (χ0n) is 21.0. The van der Waals surface area contributed by atoms with Crippen LogP contribution in [-0.4, -0.2) is 59.0 Å². The van der Waals surface area contributed by atoms with Crippen molar-refractivity contribution in [3.05, 3.63) is 40.0 Å². The largest absolute Gasteiger partial charge is 0.391 e. The molecule has 0 aliphatic heterocycles. The van der Waals surface area contributed by atoms with Gasteiger partial charge in [-0.25, -0.2) is 17.2 Å². The lowest BCUT2D eigenvalue weighted by molar-refractivity contribution is -0.169. The van der Waals surface area contributed by atoms with Crippen molar-refractivity contribution in [3.63, 3.8) is 0 Å². The molecule has 2 aromatic rings. The number of aromatic nitrogens is 2. The summed E-state index contributed by atoms with van der Waals surface area (Å²) < 4.78 is 93.3. The number of rotatable bonds is 8. The van der Waals surface area contributed by atoms with Gasteiger partial charge in [-0.2, -0.15) is 18.3 Å². The Morgan fingerprint density at radius 2 is 1.82 bits per heavy atom. The number of halogens is 6. The Morgan fingerprint density at radius 1 is 1.26 bits per heavy atom. The van der Waals surface area contributed by atoms with E-state index in [2.05, 4.69) is 10.4 Å². The van der Waals surface area contributed by atoms with Gasteiger partial charge in [0, 0.05) is 19.3 Å². The first-order chi connectivity index (χ1) is 17.5. The fraction of sp³-hybridized carbons (Fsp3) is 0.583. The summed E-state index contributed by atoms with van der Waals surface area (Å²) >= 11 is 6.34. The maximum atomic E-state index is 15.0. The van der Waals surface area contributed by atoms with Crippen molar-refractivity contribution < 1.29 is 40.3 Å². The number of alkyl halides is 3. The Hall–Kier alpha value is -2.25. The molecule has 38 heavy (non-hydrogen) atoms. The number of hydrogen-bond acceptors (Lipinski definition) is 5. The Bertz CT molecular complexity index is 1280. The summed E-state index contributed by atoms with van der Waals surface area (Å²) in [7, 11) is -3.25. The van der Waals surface area contributed by atoms with Crippen molar-refractivity contribution in [2.75, 3.05) is 12.8 Å². The number of sulfone groups is 1. The first-order valence-electron chi connectivity index (χ1n) is 12.0. The third-order valence-corrected chi connectivity index (χ3v) is 8.94. The maximum absolute atomic E-state index is 15.0. The Kier molecular flexibility index (Phi) is 8.84. The summed E-state index contributed by atoms with van der Waals surface area (Å²) in [4.78, 5) is 12.9. The van der Waals surface area contributed by atoms with E-state index in [0.29, 0.717) is 0 Å². The molecule has 2 N–H and O–H groups in total. The van der Waals surface area contributed by atoms with Gasteiger partial charge in [-0.3, -0.25) is 9.48 Å². The Morgan fingerprint density at radius 3 is 2.29 bits per heavy atom. The smallest absolute Gasteiger partial charge is 0.388 e. The van der Waals surface area contributed by atoms with E-state index in [0.717, 1.165) is 30.0 Å². The van der Waals surface area contributed by atoms with Crippen LogP contribution >= 0.6 is 11.6 Å². The van der Waals surface area contributed by atoms with Gasteiger partial charge in [0.25, 0.3) is 5.91 Å². The number of aliphatic hydroxyl groups is 1. The van der Waals surface area contributed by atoms with Crippen LogP contribution in [0.3, 0.4) is 0 Å². The molecule has 1 aliphatic rings. The van der Waals surface area contributed by atoms with Gasteiger partial charge >= 0.3 is 6.18 Å². The molecule has 1 amide bonds. The van der Waals surface area contributed by atoms with Gasteiger partial charge in [-0.15, -0.1) is 0 Å². The quantitative estimate of drug-likeness (QED) is 0.438. The van der Waals surface area contributed by atoms with Crippen LogP contribution < -0.4 is 5.32 Å². The molecule has 212 valence electrons. The lowest BCUT2D eigenvalue weighted by Crippen LogP contribution is -2.47. The van der Waals surface area contributed by atoms with Crippen LogP contribution in [0.25, 0.3) is 11.3 Å². The van der Waals surface area contributed by atoms with E-state index in [4.69, 9.17) is 11.6 Å². The molecule has 14 heteroatoms. The van der Waals surface area contributed by atoms with Gasteiger partial charge in [0.15, 0.2) is 5.69 Å². The molecular weight excluding hydrogens is 557 g/mol. The molecular formula is C24H29ClF5N3O4S. The van der Waals surface area contributed by atoms with E-state index in [-0.39, 0.29) is 60.7 Å². The molecule has 0 radical (unpaired) electrons. The Balaban J connectivity index is 1.82. The lowest BCUT2D eigenvalue weighted by Gasteiger charge is -2.35. The number of carbonyl (C=O) groups is 1. The van der Waals surface area contributed by atoms with Gasteiger partial charge in [0.2, 0.25) is 0 Å². The first-order valence-corrected chi connectivity index (χ1v) is 14.3. The van der Waals surface area contributed by atoms with Crippen molar-refractivity contribution in [3.8, 4) is 11.3 Å². The SMILES string of the molecule is CCn1nc(C(=O)NCC2(O)CCC(S(C)(=O)=O)CC2)c(Cl)c1-c1c(F)cc(CC(C)C(F)(F)F)cc1F. The van der Waals surface area contributed by atoms with Gasteiger partial charge < -0.3 is 10.4 Å². The molecule has 1 fully saturated rings. The maximum Gasteiger partial charge on any atom is 0.391 e. The van der Waals surface area contributed by atoms with E-state index >= 15 is 8.78 Å². The normalized spacial score (nSPS) is 21.4. The molecule has 0 saturated heterocycles. The number of nitrogens with one attached hydrogen (secondary N) is 1. The van der Waals surface area contributed by atoms with E-state index in [1.54, 1.807) is 6.92 Å². The fourth-order valence-corrected chi connectivity index (χ4v) is 5.96. The molecule has 1 atom stereocenters. The van der Waals surface area contributed by atoms with Crippen LogP contribution in [0.2, 0.25) is 5.02 Å². The number of carbonyl (C=O) groups excluding carboxylic acids is 1. The summed E-state index contributed by atoms with van der Waals surface area (Å²) in [6.07, 6.45) is -3.27. The summed E-state index contributed by atoms with van der Waals surface area (Å²) in [5.41, 5.74) is -2.78. The van der Waals surface area contributed by atoms with Crippen LogP contribution in [-0.2, 0) is 22.8 Å². The third-order valence-electron chi connectivity index (χ3n) is 6.90. The predicted octanol–water partition coefficient (Wildman–Crippen LogP) is 4.69. The van der Waals surface area contributed by atoms with Crippen molar-refractivity contribution in [1.82, 2.24) is 15.1 Å². The number of nitrogens with zero attached hydrogens (tertiary/aromatic N) is 2. The molecule has 1 aliphatic carbocycles. The van der Waals surface area contributed by atoms with Crippen LogP contribution in [0.5, 0.6) is 0 Å². The van der Waals surface area contributed by atoms with Gasteiger partial charge in [0.1, 0.15) is 21.5 Å². The number of benzene rings is 1. The average molecular weight is 586 g/mol. The lowest BCUT2D eigenvalue weighted by atomic mass is 9.84. The standard InChI is InChI=1S/C24H29ClF5N3O4S/c1-4-33-21(18-16(26)10-14(11-17(18)27)9-13(2)24(28,29)30)19(25)20(32-33)22(34)31-12-23(35)7-5-15(6-8-23)38(3,36)37/h10-11,13,15,35H,4-9,12H2,1-3H3,(H,31,34). The second kappa shape index (κ2) is 11.1. The highest BCUT2D eigenvalue weighted by molar-refractivity contribution is 7.91. The van der Waals surface area contributed by atoms with Gasteiger partial charge in [-0.1, -0.05) is 18.5 Å². The number of hydrogen-bond donors (Lipinski definition) is 2. The topological polar surface area (TPSA) is 101 Å². The van der Waals surface area contributed by atoms with Crippen molar-refractivity contribution in [1.29, 1.82) is 0 Å². The predicted molar refractivity (Wildman–Crippen MR) is 132 cm³/mol. The van der Waals surface area contributed by atoms with Crippen molar-refractivity contribution >= 4 is 27.3 Å². The summed E-state index contributed by atoms with van der Waals surface area (Å²) in [6.45, 7) is 2.34. The summed E-state index contributed by atoms with van der Waals surface area (Å²) in [5.74, 6) is -4.95. The monoisotopic (exact) mass is 585 g/mol. The Labute approximate surface area is 222 Å². The van der Waals surface area contributed by atoms with Gasteiger partial charge in [-0.05, 0) is 56.7 Å². The highest BCUT2D eigenvalue weighted by atomic mass is 35.5. The van der Waals surface area contributed by atoms with Crippen LogP contribution in [0, 0.1) is 17.6 Å². The minimum atomic E-state index is -4.53. The molecule has 1 aromatic carbocycles. The first kappa shape index (κ1) is 30.3. The van der Waals surface area contributed by atoms with Crippen molar-refractivity contribution in [2.45, 2.75) is 69.5 Å². The molecule has 1 aromatic heterocycles. The molecule has 3 rings (SSSR count). The second-order valence-corrected chi connectivity index (χ2v) is 12.5. The van der Waals surface area contributed by atoms with Crippen LogP contribution in [0.1, 0.15) is 55.6 Å². The van der Waals surface area contributed by atoms with Gasteiger partial charge in [0.05, 0.1) is 33.0 Å². The van der Waals surface area contributed by atoms with E-state index in [1.807, 2.05) is 0 Å². The fourth-order valence-electron chi connectivity index (χ4n) is 4.55. The summed E-state index contributed by atoms with van der Waals surface area (Å²) in [6, 6.07) is 1.60. The zero-order chi connectivity index (χ0) is 28.6. The van der Waals surface area contributed by atoms with Crippen molar-refractivity contribution in [2.24, 2.45) is 5.92 Å². The molecule has 0 bridgehead atoms. The van der Waals surface area contributed by atoms with E-state index in [9.17, 15) is 31.5 Å². The number of amides is 1. The number of aryl methyl sites for hydroxylation is 1. The summed E-state index contributed by atoms with van der Waals surface area (Å²) in [5, 5.41) is 16.4. The molecule has 1 unspecified atom stereocenters. The highest BCUT2D eigenvalue weighted by Gasteiger charge is 2.38. The molecule has 0 spiro atoms. The molecule has 7 nitrogen and oxygen atoms in total. The molecule has 1 saturated carbocycles. The van der Waals surface area contributed by atoms with Crippen LogP contribution in [0.4, 0.5) is 22.0 Å². The van der Waals surface area contributed by atoms with Crippen LogP contribution in [0.15, 0.2) is 12.1 Å². The minimum Gasteiger partial charge on any atom is -0.388 e. The second-order valence-electron chi connectivity index (χ2n) is 9.84. The average Bonchev–Trinajstić information content (AvgIpc) is 3.12.